The molecule has 1 aliphatic heterocycles. The molecular formula is C21H29ClN4OS. The van der Waals surface area contributed by atoms with Crippen LogP contribution in [0.2, 0.25) is 5.02 Å². The SMILES string of the molecule is CC(C)Cn1c(SCC(=O)N2[C@@H](C)CCC[C@@H]2C)nnc1-c1ccc(Cl)cc1. The maximum Gasteiger partial charge on any atom is 0.233 e. The summed E-state index contributed by atoms with van der Waals surface area (Å²) < 4.78 is 2.12. The maximum absolute atomic E-state index is 12.9. The number of likely N-dealkylation sites (tertiary alicyclic amines) is 1. The Labute approximate surface area is 176 Å². The minimum Gasteiger partial charge on any atom is -0.337 e. The highest BCUT2D eigenvalue weighted by Gasteiger charge is 2.29. The number of amides is 1. The Balaban J connectivity index is 1.78. The van der Waals surface area contributed by atoms with Crippen LogP contribution < -0.4 is 0 Å². The summed E-state index contributed by atoms with van der Waals surface area (Å²) in [4.78, 5) is 14.9. The van der Waals surface area contributed by atoms with Crippen LogP contribution in [0.1, 0.15) is 47.0 Å². The van der Waals surface area contributed by atoms with Gasteiger partial charge in [0.25, 0.3) is 0 Å². The molecule has 1 aromatic heterocycles. The van der Waals surface area contributed by atoms with Gasteiger partial charge < -0.3 is 9.47 Å². The lowest BCUT2D eigenvalue weighted by atomic mass is 9.98. The fraction of sp³-hybridized carbons (Fsp3) is 0.571. The topological polar surface area (TPSA) is 51.0 Å². The van der Waals surface area contributed by atoms with Crippen LogP contribution in [0.5, 0.6) is 0 Å². The zero-order chi connectivity index (χ0) is 20.3. The first-order chi connectivity index (χ1) is 13.4. The molecule has 1 fully saturated rings. The van der Waals surface area contributed by atoms with E-state index in [1.165, 1.54) is 18.2 Å². The van der Waals surface area contributed by atoms with Crippen molar-refractivity contribution in [1.29, 1.82) is 0 Å². The zero-order valence-corrected chi connectivity index (χ0v) is 18.6. The predicted octanol–water partition coefficient (Wildman–Crippen LogP) is 5.14. The van der Waals surface area contributed by atoms with E-state index in [4.69, 9.17) is 11.6 Å². The van der Waals surface area contributed by atoms with Crippen LogP contribution in [-0.4, -0.2) is 43.4 Å². The lowest BCUT2D eigenvalue weighted by Gasteiger charge is -2.39. The maximum atomic E-state index is 12.9. The van der Waals surface area contributed by atoms with Gasteiger partial charge in [-0.25, -0.2) is 0 Å². The van der Waals surface area contributed by atoms with Crippen LogP contribution in [0, 0.1) is 5.92 Å². The quantitative estimate of drug-likeness (QED) is 0.607. The summed E-state index contributed by atoms with van der Waals surface area (Å²) in [6.07, 6.45) is 3.38. The molecule has 3 rings (SSSR count). The fourth-order valence-corrected chi connectivity index (χ4v) is 4.79. The predicted molar refractivity (Wildman–Crippen MR) is 116 cm³/mol. The molecule has 2 aromatic rings. The molecule has 0 N–H and O–H groups in total. The van der Waals surface area contributed by atoms with E-state index < -0.39 is 0 Å². The van der Waals surface area contributed by atoms with Crippen molar-refractivity contribution in [3.63, 3.8) is 0 Å². The van der Waals surface area contributed by atoms with Crippen molar-refractivity contribution in [1.82, 2.24) is 19.7 Å². The number of halogens is 1. The third-order valence-electron chi connectivity index (χ3n) is 5.17. The standard InChI is InChI=1S/C21H29ClN4OS/c1-14(2)12-25-20(17-8-10-18(22)11-9-17)23-24-21(25)28-13-19(27)26-15(3)6-5-7-16(26)4/h8-11,14-16H,5-7,12-13H2,1-4H3/t15-,16-/m0/s1. The first kappa shape index (κ1) is 21.2. The van der Waals surface area contributed by atoms with Gasteiger partial charge in [-0.05, 0) is 63.3 Å². The highest BCUT2D eigenvalue weighted by Crippen LogP contribution is 2.28. The van der Waals surface area contributed by atoms with Crippen LogP contribution in [0.3, 0.4) is 0 Å². The van der Waals surface area contributed by atoms with Gasteiger partial charge in [0, 0.05) is 29.2 Å². The lowest BCUT2D eigenvalue weighted by Crippen LogP contribution is -2.48. The highest BCUT2D eigenvalue weighted by atomic mass is 35.5. The minimum absolute atomic E-state index is 0.192. The third-order valence-corrected chi connectivity index (χ3v) is 6.38. The zero-order valence-electron chi connectivity index (χ0n) is 17.1. The molecule has 1 aromatic carbocycles. The Kier molecular flexibility index (Phi) is 7.05. The van der Waals surface area contributed by atoms with E-state index >= 15 is 0 Å². The summed E-state index contributed by atoms with van der Waals surface area (Å²) in [5, 5.41) is 10.3. The number of carbonyl (C=O) groups is 1. The van der Waals surface area contributed by atoms with Crippen molar-refractivity contribution < 1.29 is 4.79 Å². The Morgan fingerprint density at radius 2 is 1.82 bits per heavy atom. The first-order valence-corrected chi connectivity index (χ1v) is 11.4. The molecule has 1 amide bonds. The van der Waals surface area contributed by atoms with Gasteiger partial charge in [0.05, 0.1) is 5.75 Å². The average Bonchev–Trinajstić information content (AvgIpc) is 3.02. The molecule has 0 radical (unpaired) electrons. The Morgan fingerprint density at radius 1 is 1.18 bits per heavy atom. The average molecular weight is 421 g/mol. The molecule has 5 nitrogen and oxygen atoms in total. The van der Waals surface area contributed by atoms with Crippen LogP contribution in [-0.2, 0) is 11.3 Å². The summed E-state index contributed by atoms with van der Waals surface area (Å²) in [7, 11) is 0. The normalized spacial score (nSPS) is 20.0. The number of rotatable bonds is 6. The molecule has 0 spiro atoms. The molecule has 1 saturated heterocycles. The number of carbonyl (C=O) groups excluding carboxylic acids is 1. The summed E-state index contributed by atoms with van der Waals surface area (Å²) in [6.45, 7) is 9.44. The Bertz CT molecular complexity index is 795. The molecule has 7 heteroatoms. The summed E-state index contributed by atoms with van der Waals surface area (Å²) in [5.41, 5.74) is 0.981. The monoisotopic (exact) mass is 420 g/mol. The molecule has 1 aliphatic rings. The van der Waals surface area contributed by atoms with E-state index in [1.807, 2.05) is 24.3 Å². The number of benzene rings is 1. The number of hydrogen-bond acceptors (Lipinski definition) is 4. The number of piperidine rings is 1. The van der Waals surface area contributed by atoms with Gasteiger partial charge in [-0.3, -0.25) is 4.79 Å². The third kappa shape index (κ3) is 4.90. The van der Waals surface area contributed by atoms with Crippen molar-refractivity contribution in [3.05, 3.63) is 29.3 Å². The van der Waals surface area contributed by atoms with Gasteiger partial charge in [-0.1, -0.05) is 37.2 Å². The molecule has 2 heterocycles. The van der Waals surface area contributed by atoms with E-state index in [9.17, 15) is 4.79 Å². The number of thioether (sulfide) groups is 1. The van der Waals surface area contributed by atoms with Gasteiger partial charge in [-0.2, -0.15) is 0 Å². The second-order valence-corrected chi connectivity index (χ2v) is 9.42. The largest absolute Gasteiger partial charge is 0.337 e. The number of aromatic nitrogens is 3. The Hall–Kier alpha value is -1.53. The summed E-state index contributed by atoms with van der Waals surface area (Å²) in [6, 6.07) is 8.27. The molecule has 0 bridgehead atoms. The fourth-order valence-electron chi connectivity index (χ4n) is 3.85. The first-order valence-electron chi connectivity index (χ1n) is 10.00. The van der Waals surface area contributed by atoms with E-state index in [0.29, 0.717) is 28.8 Å². The smallest absolute Gasteiger partial charge is 0.233 e. The molecule has 0 unspecified atom stereocenters. The Morgan fingerprint density at radius 3 is 2.43 bits per heavy atom. The van der Waals surface area contributed by atoms with E-state index in [1.54, 1.807) is 0 Å². The van der Waals surface area contributed by atoms with Crippen LogP contribution in [0.25, 0.3) is 11.4 Å². The minimum atomic E-state index is 0.192. The van der Waals surface area contributed by atoms with E-state index in [0.717, 1.165) is 35.9 Å². The lowest BCUT2D eigenvalue weighted by molar-refractivity contribution is -0.134. The molecule has 0 saturated carbocycles. The van der Waals surface area contributed by atoms with Crippen molar-refractivity contribution in [2.24, 2.45) is 5.92 Å². The van der Waals surface area contributed by atoms with Gasteiger partial charge in [0.15, 0.2) is 11.0 Å². The van der Waals surface area contributed by atoms with E-state index in [-0.39, 0.29) is 5.91 Å². The molecule has 152 valence electrons. The van der Waals surface area contributed by atoms with Gasteiger partial charge in [0.2, 0.25) is 5.91 Å². The summed E-state index contributed by atoms with van der Waals surface area (Å²) >= 11 is 7.51. The second-order valence-electron chi connectivity index (χ2n) is 8.04. The van der Waals surface area contributed by atoms with Crippen LogP contribution in [0.4, 0.5) is 0 Å². The molecule has 28 heavy (non-hydrogen) atoms. The summed E-state index contributed by atoms with van der Waals surface area (Å²) in [5.74, 6) is 1.85. The molecule has 2 atom stereocenters. The van der Waals surface area contributed by atoms with Crippen molar-refractivity contribution in [3.8, 4) is 11.4 Å². The van der Waals surface area contributed by atoms with Gasteiger partial charge in [-0.15, -0.1) is 10.2 Å². The van der Waals surface area contributed by atoms with Gasteiger partial charge in [0.1, 0.15) is 0 Å². The van der Waals surface area contributed by atoms with Crippen molar-refractivity contribution >= 4 is 29.3 Å². The number of nitrogens with zero attached hydrogens (tertiary/aromatic N) is 4. The highest BCUT2D eigenvalue weighted by molar-refractivity contribution is 7.99. The molecule has 0 aliphatic carbocycles. The van der Waals surface area contributed by atoms with Crippen LogP contribution in [0.15, 0.2) is 29.4 Å². The van der Waals surface area contributed by atoms with Crippen LogP contribution >= 0.6 is 23.4 Å². The van der Waals surface area contributed by atoms with Crippen molar-refractivity contribution in [2.75, 3.05) is 5.75 Å². The van der Waals surface area contributed by atoms with Gasteiger partial charge >= 0.3 is 0 Å². The second kappa shape index (κ2) is 9.31. The van der Waals surface area contributed by atoms with Crippen molar-refractivity contribution in [2.45, 2.75) is 70.7 Å². The molecular weight excluding hydrogens is 392 g/mol. The number of hydrogen-bond donors (Lipinski definition) is 0. The van der Waals surface area contributed by atoms with E-state index in [2.05, 4.69) is 47.4 Å².